The number of ether oxygens (including phenoxy) is 1. The van der Waals surface area contributed by atoms with Crippen LogP contribution in [0.15, 0.2) is 18.2 Å². The van der Waals surface area contributed by atoms with Crippen molar-refractivity contribution in [3.8, 4) is 5.75 Å². The highest BCUT2D eigenvalue weighted by Gasteiger charge is 2.08. The van der Waals surface area contributed by atoms with Crippen molar-refractivity contribution < 1.29 is 13.9 Å². The molecule has 1 aromatic rings. The van der Waals surface area contributed by atoms with Crippen LogP contribution in [0.5, 0.6) is 5.75 Å². The summed E-state index contributed by atoms with van der Waals surface area (Å²) in [5.41, 5.74) is 0.794. The normalized spacial score (nSPS) is 10.8. The number of carbonyl (C=O) groups excluding carboxylic acids is 1. The molecule has 0 unspecified atom stereocenters. The van der Waals surface area contributed by atoms with Crippen molar-refractivity contribution >= 4 is 5.91 Å². The largest absolute Gasteiger partial charge is 0.493 e. The molecule has 0 aliphatic rings. The lowest BCUT2D eigenvalue weighted by Gasteiger charge is -2.14. The molecule has 0 bridgehead atoms. The number of hydrogen-bond donors (Lipinski definition) is 1. The summed E-state index contributed by atoms with van der Waals surface area (Å²) < 4.78 is 19.0. The first-order valence-corrected chi connectivity index (χ1v) is 7.25. The summed E-state index contributed by atoms with van der Waals surface area (Å²) in [6.45, 7) is 5.07. The molecule has 0 atom stereocenters. The van der Waals surface area contributed by atoms with Crippen LogP contribution in [-0.4, -0.2) is 37.6 Å². The Morgan fingerprint density at radius 3 is 2.71 bits per heavy atom. The fourth-order valence-electron chi connectivity index (χ4n) is 1.77. The van der Waals surface area contributed by atoms with Gasteiger partial charge in [0.05, 0.1) is 6.61 Å². The van der Waals surface area contributed by atoms with Crippen molar-refractivity contribution in [3.05, 3.63) is 29.6 Å². The summed E-state index contributed by atoms with van der Waals surface area (Å²) in [4.78, 5) is 13.0. The fourth-order valence-corrected chi connectivity index (χ4v) is 1.77. The first kappa shape index (κ1) is 17.4. The number of carbonyl (C=O) groups is 1. The van der Waals surface area contributed by atoms with Crippen LogP contribution < -0.4 is 10.1 Å². The van der Waals surface area contributed by atoms with E-state index in [0.29, 0.717) is 37.8 Å². The zero-order chi connectivity index (χ0) is 15.8. The minimum atomic E-state index is -0.273. The van der Waals surface area contributed by atoms with Crippen LogP contribution in [0.25, 0.3) is 0 Å². The van der Waals surface area contributed by atoms with Gasteiger partial charge in [0.1, 0.15) is 11.6 Å². The first-order chi connectivity index (χ1) is 9.90. The van der Waals surface area contributed by atoms with Gasteiger partial charge < -0.3 is 15.0 Å². The van der Waals surface area contributed by atoms with Gasteiger partial charge in [0.25, 0.3) is 0 Å². The number of nitrogens with zero attached hydrogens (tertiary/aromatic N) is 1. The number of rotatable bonds is 8. The van der Waals surface area contributed by atoms with E-state index in [4.69, 9.17) is 4.74 Å². The van der Waals surface area contributed by atoms with Crippen LogP contribution in [0.3, 0.4) is 0 Å². The van der Waals surface area contributed by atoms with Crippen molar-refractivity contribution in [2.45, 2.75) is 39.3 Å². The predicted octanol–water partition coefficient (Wildman–Crippen LogP) is 2.57. The third-order valence-corrected chi connectivity index (χ3v) is 3.01. The average molecular weight is 296 g/mol. The van der Waals surface area contributed by atoms with E-state index in [1.54, 1.807) is 25.1 Å². The Labute approximate surface area is 126 Å². The van der Waals surface area contributed by atoms with Gasteiger partial charge >= 0.3 is 0 Å². The molecule has 0 fully saturated rings. The summed E-state index contributed by atoms with van der Waals surface area (Å²) >= 11 is 0. The molecule has 0 aromatic heterocycles. The molecule has 0 saturated heterocycles. The highest BCUT2D eigenvalue weighted by atomic mass is 19.1. The third kappa shape index (κ3) is 6.58. The molecule has 5 heteroatoms. The predicted molar refractivity (Wildman–Crippen MR) is 81.8 cm³/mol. The zero-order valence-corrected chi connectivity index (χ0v) is 13.3. The van der Waals surface area contributed by atoms with Gasteiger partial charge in [-0.15, -0.1) is 0 Å². The SMILES string of the molecule is CC(C)NCc1cc(F)ccc1OCCCC(=O)N(C)C. The van der Waals surface area contributed by atoms with Crippen LogP contribution in [0.2, 0.25) is 0 Å². The van der Waals surface area contributed by atoms with Crippen LogP contribution in [0.1, 0.15) is 32.3 Å². The first-order valence-electron chi connectivity index (χ1n) is 7.25. The summed E-state index contributed by atoms with van der Waals surface area (Å²) in [7, 11) is 3.47. The van der Waals surface area contributed by atoms with E-state index in [1.807, 2.05) is 13.8 Å². The van der Waals surface area contributed by atoms with Gasteiger partial charge in [-0.25, -0.2) is 4.39 Å². The Kier molecular flexibility index (Phi) is 7.15. The Bertz CT molecular complexity index is 462. The van der Waals surface area contributed by atoms with Crippen molar-refractivity contribution in [3.63, 3.8) is 0 Å². The van der Waals surface area contributed by atoms with Gasteiger partial charge in [-0.3, -0.25) is 4.79 Å². The van der Waals surface area contributed by atoms with E-state index in [0.717, 1.165) is 5.56 Å². The topological polar surface area (TPSA) is 41.6 Å². The molecule has 1 aromatic carbocycles. The lowest BCUT2D eigenvalue weighted by Crippen LogP contribution is -2.23. The Morgan fingerprint density at radius 1 is 1.38 bits per heavy atom. The van der Waals surface area contributed by atoms with Gasteiger partial charge in [-0.1, -0.05) is 13.8 Å². The summed E-state index contributed by atoms with van der Waals surface area (Å²) in [5.74, 6) is 0.479. The van der Waals surface area contributed by atoms with Crippen molar-refractivity contribution in [2.24, 2.45) is 0 Å². The lowest BCUT2D eigenvalue weighted by atomic mass is 10.2. The van der Waals surface area contributed by atoms with Crippen LogP contribution in [0.4, 0.5) is 4.39 Å². The van der Waals surface area contributed by atoms with E-state index in [2.05, 4.69) is 5.32 Å². The Balaban J connectivity index is 2.51. The van der Waals surface area contributed by atoms with Crippen LogP contribution in [0, 0.1) is 5.82 Å². The van der Waals surface area contributed by atoms with Gasteiger partial charge in [-0.05, 0) is 24.6 Å². The second-order valence-electron chi connectivity index (χ2n) is 5.53. The molecule has 0 heterocycles. The van der Waals surface area contributed by atoms with Crippen molar-refractivity contribution in [1.29, 1.82) is 0 Å². The van der Waals surface area contributed by atoms with Gasteiger partial charge in [0, 0.05) is 38.7 Å². The van der Waals surface area contributed by atoms with Gasteiger partial charge in [0.2, 0.25) is 5.91 Å². The van der Waals surface area contributed by atoms with Crippen molar-refractivity contribution in [2.75, 3.05) is 20.7 Å². The molecule has 1 amide bonds. The molecule has 21 heavy (non-hydrogen) atoms. The highest BCUT2D eigenvalue weighted by molar-refractivity contribution is 5.75. The Morgan fingerprint density at radius 2 is 2.10 bits per heavy atom. The standard InChI is InChI=1S/C16H25FN2O2/c1-12(2)18-11-13-10-14(17)7-8-15(13)21-9-5-6-16(20)19(3)4/h7-8,10,12,18H,5-6,9,11H2,1-4H3. The second-order valence-corrected chi connectivity index (χ2v) is 5.53. The maximum absolute atomic E-state index is 13.3. The van der Waals surface area contributed by atoms with Gasteiger partial charge in [0.15, 0.2) is 0 Å². The number of amides is 1. The molecule has 0 aliphatic heterocycles. The van der Waals surface area contributed by atoms with E-state index in [9.17, 15) is 9.18 Å². The maximum Gasteiger partial charge on any atom is 0.222 e. The molecule has 0 spiro atoms. The molecule has 0 saturated carbocycles. The minimum absolute atomic E-state index is 0.0828. The monoisotopic (exact) mass is 296 g/mol. The summed E-state index contributed by atoms with van der Waals surface area (Å²) in [6, 6.07) is 4.83. The zero-order valence-electron chi connectivity index (χ0n) is 13.3. The quantitative estimate of drug-likeness (QED) is 0.750. The van der Waals surface area contributed by atoms with Crippen molar-refractivity contribution in [1.82, 2.24) is 10.2 Å². The van der Waals surface area contributed by atoms with E-state index < -0.39 is 0 Å². The molecule has 1 rings (SSSR count). The maximum atomic E-state index is 13.3. The fraction of sp³-hybridized carbons (Fsp3) is 0.562. The van der Waals surface area contributed by atoms with Crippen LogP contribution >= 0.6 is 0 Å². The lowest BCUT2D eigenvalue weighted by molar-refractivity contribution is -0.128. The molecule has 118 valence electrons. The highest BCUT2D eigenvalue weighted by Crippen LogP contribution is 2.20. The molecule has 4 nitrogen and oxygen atoms in total. The average Bonchev–Trinajstić information content (AvgIpc) is 2.42. The minimum Gasteiger partial charge on any atom is -0.493 e. The van der Waals surface area contributed by atoms with E-state index >= 15 is 0 Å². The molecule has 0 aliphatic carbocycles. The number of nitrogens with one attached hydrogen (secondary N) is 1. The second kappa shape index (κ2) is 8.62. The van der Waals surface area contributed by atoms with E-state index in [1.165, 1.54) is 12.1 Å². The molecule has 1 N–H and O–H groups in total. The number of halogens is 1. The Hall–Kier alpha value is -1.62. The molecular formula is C16H25FN2O2. The van der Waals surface area contributed by atoms with E-state index in [-0.39, 0.29) is 11.7 Å². The smallest absolute Gasteiger partial charge is 0.222 e. The number of benzene rings is 1. The number of hydrogen-bond acceptors (Lipinski definition) is 3. The summed E-state index contributed by atoms with van der Waals surface area (Å²) in [5, 5.41) is 3.25. The molecule has 0 radical (unpaired) electrons. The summed E-state index contributed by atoms with van der Waals surface area (Å²) in [6.07, 6.45) is 1.10. The van der Waals surface area contributed by atoms with Gasteiger partial charge in [-0.2, -0.15) is 0 Å². The van der Waals surface area contributed by atoms with Crippen LogP contribution in [-0.2, 0) is 11.3 Å². The third-order valence-electron chi connectivity index (χ3n) is 3.01. The molecular weight excluding hydrogens is 271 g/mol.